The SMILES string of the molecule is NC(COC(=O)C(N)CO)CC1CCCCC1. The zero-order valence-corrected chi connectivity index (χ0v) is 10.3. The minimum atomic E-state index is -0.947. The van der Waals surface area contributed by atoms with Crippen LogP contribution in [0.5, 0.6) is 0 Å². The van der Waals surface area contributed by atoms with E-state index in [1.165, 1.54) is 32.1 Å². The second-order valence-corrected chi connectivity index (χ2v) is 4.92. The number of carbonyl (C=O) groups excluding carboxylic acids is 1. The lowest BCUT2D eigenvalue weighted by Crippen LogP contribution is -2.39. The number of aliphatic hydroxyl groups excluding tert-OH is 1. The van der Waals surface area contributed by atoms with E-state index in [4.69, 9.17) is 21.3 Å². The Morgan fingerprint density at radius 3 is 2.53 bits per heavy atom. The molecule has 1 fully saturated rings. The van der Waals surface area contributed by atoms with Crippen molar-refractivity contribution in [2.75, 3.05) is 13.2 Å². The molecule has 0 heterocycles. The molecule has 0 aromatic rings. The summed E-state index contributed by atoms with van der Waals surface area (Å²) in [5.41, 5.74) is 11.2. The zero-order chi connectivity index (χ0) is 12.7. The van der Waals surface area contributed by atoms with Crippen molar-refractivity contribution in [2.45, 2.75) is 50.6 Å². The van der Waals surface area contributed by atoms with Gasteiger partial charge in [0.2, 0.25) is 0 Å². The van der Waals surface area contributed by atoms with Crippen LogP contribution < -0.4 is 11.5 Å². The summed E-state index contributed by atoms with van der Waals surface area (Å²) in [6.45, 7) is -0.195. The highest BCUT2D eigenvalue weighted by Crippen LogP contribution is 2.26. The number of esters is 1. The summed E-state index contributed by atoms with van der Waals surface area (Å²) in [6.07, 6.45) is 7.27. The maximum atomic E-state index is 11.2. The molecule has 0 saturated heterocycles. The minimum absolute atomic E-state index is 0.118. The van der Waals surface area contributed by atoms with E-state index in [1.807, 2.05) is 0 Å². The maximum absolute atomic E-state index is 11.2. The first kappa shape index (κ1) is 14.4. The van der Waals surface area contributed by atoms with E-state index in [0.717, 1.165) is 6.42 Å². The molecule has 1 aliphatic carbocycles. The predicted molar refractivity (Wildman–Crippen MR) is 65.2 cm³/mol. The van der Waals surface area contributed by atoms with Gasteiger partial charge in [0.25, 0.3) is 0 Å². The maximum Gasteiger partial charge on any atom is 0.325 e. The molecule has 100 valence electrons. The highest BCUT2D eigenvalue weighted by Gasteiger charge is 2.19. The first-order chi connectivity index (χ1) is 8.13. The molecule has 2 unspecified atom stereocenters. The molecule has 1 saturated carbocycles. The Balaban J connectivity index is 2.15. The van der Waals surface area contributed by atoms with Crippen LogP contribution >= 0.6 is 0 Å². The van der Waals surface area contributed by atoms with Crippen LogP contribution in [0.1, 0.15) is 38.5 Å². The van der Waals surface area contributed by atoms with Gasteiger partial charge in [0.05, 0.1) is 6.61 Å². The lowest BCUT2D eigenvalue weighted by molar-refractivity contribution is -0.146. The average molecular weight is 244 g/mol. The number of rotatable bonds is 6. The Kier molecular flexibility index (Phi) is 6.47. The first-order valence-electron chi connectivity index (χ1n) is 6.42. The molecule has 5 heteroatoms. The van der Waals surface area contributed by atoms with Crippen LogP contribution in [0.15, 0.2) is 0 Å². The Labute approximate surface area is 102 Å². The summed E-state index contributed by atoms with van der Waals surface area (Å²) in [7, 11) is 0. The van der Waals surface area contributed by atoms with Crippen molar-refractivity contribution in [3.05, 3.63) is 0 Å². The van der Waals surface area contributed by atoms with E-state index >= 15 is 0 Å². The van der Waals surface area contributed by atoms with Crippen molar-refractivity contribution in [1.82, 2.24) is 0 Å². The molecule has 0 bridgehead atoms. The van der Waals surface area contributed by atoms with Gasteiger partial charge in [0.1, 0.15) is 12.6 Å². The lowest BCUT2D eigenvalue weighted by Gasteiger charge is -2.24. The molecule has 5 nitrogen and oxygen atoms in total. The van der Waals surface area contributed by atoms with Crippen LogP contribution in [0.25, 0.3) is 0 Å². The van der Waals surface area contributed by atoms with Gasteiger partial charge in [0.15, 0.2) is 0 Å². The van der Waals surface area contributed by atoms with Crippen LogP contribution in [0.4, 0.5) is 0 Å². The summed E-state index contributed by atoms with van der Waals surface area (Å²) in [6, 6.07) is -1.06. The van der Waals surface area contributed by atoms with E-state index in [1.54, 1.807) is 0 Å². The fourth-order valence-corrected chi connectivity index (χ4v) is 2.29. The molecule has 2 atom stereocenters. The second-order valence-electron chi connectivity index (χ2n) is 4.92. The Morgan fingerprint density at radius 1 is 1.29 bits per heavy atom. The topological polar surface area (TPSA) is 98.6 Å². The first-order valence-corrected chi connectivity index (χ1v) is 6.42. The van der Waals surface area contributed by atoms with Gasteiger partial charge in [-0.15, -0.1) is 0 Å². The van der Waals surface area contributed by atoms with Gasteiger partial charge in [-0.1, -0.05) is 32.1 Å². The van der Waals surface area contributed by atoms with Crippen LogP contribution in [-0.4, -0.2) is 36.4 Å². The van der Waals surface area contributed by atoms with Crippen molar-refractivity contribution in [3.8, 4) is 0 Å². The van der Waals surface area contributed by atoms with Gasteiger partial charge >= 0.3 is 5.97 Å². The van der Waals surface area contributed by atoms with Crippen molar-refractivity contribution in [1.29, 1.82) is 0 Å². The van der Waals surface area contributed by atoms with Gasteiger partial charge in [-0.3, -0.25) is 4.79 Å². The molecular weight excluding hydrogens is 220 g/mol. The molecule has 0 aliphatic heterocycles. The standard InChI is InChI=1S/C12H24N2O3/c13-10(6-9-4-2-1-3-5-9)8-17-12(16)11(14)7-15/h9-11,15H,1-8,13-14H2. The highest BCUT2D eigenvalue weighted by molar-refractivity contribution is 5.75. The van der Waals surface area contributed by atoms with E-state index < -0.39 is 18.6 Å². The van der Waals surface area contributed by atoms with Crippen molar-refractivity contribution in [2.24, 2.45) is 17.4 Å². The molecule has 0 aromatic carbocycles. The Bertz CT molecular complexity index is 230. The number of nitrogens with two attached hydrogens (primary N) is 2. The van der Waals surface area contributed by atoms with Gasteiger partial charge < -0.3 is 21.3 Å². The summed E-state index contributed by atoms with van der Waals surface area (Å²) in [4.78, 5) is 11.2. The van der Waals surface area contributed by atoms with Gasteiger partial charge in [-0.2, -0.15) is 0 Å². The monoisotopic (exact) mass is 244 g/mol. The third-order valence-corrected chi connectivity index (χ3v) is 3.30. The van der Waals surface area contributed by atoms with E-state index in [0.29, 0.717) is 5.92 Å². The number of hydrogen-bond donors (Lipinski definition) is 3. The Morgan fingerprint density at radius 2 is 1.94 bits per heavy atom. The quantitative estimate of drug-likeness (QED) is 0.578. The molecule has 0 radical (unpaired) electrons. The molecular formula is C12H24N2O3. The van der Waals surface area contributed by atoms with E-state index in [2.05, 4.69) is 0 Å². The number of hydrogen-bond acceptors (Lipinski definition) is 5. The largest absolute Gasteiger partial charge is 0.463 e. The van der Waals surface area contributed by atoms with Crippen LogP contribution in [-0.2, 0) is 9.53 Å². The van der Waals surface area contributed by atoms with Crippen LogP contribution in [0.3, 0.4) is 0 Å². The smallest absolute Gasteiger partial charge is 0.325 e. The highest BCUT2D eigenvalue weighted by atomic mass is 16.5. The van der Waals surface area contributed by atoms with Crippen molar-refractivity contribution in [3.63, 3.8) is 0 Å². The van der Waals surface area contributed by atoms with Gasteiger partial charge in [-0.25, -0.2) is 0 Å². The average Bonchev–Trinajstić information content (AvgIpc) is 2.36. The molecule has 0 spiro atoms. The second kappa shape index (κ2) is 7.63. The fourth-order valence-electron chi connectivity index (χ4n) is 2.29. The van der Waals surface area contributed by atoms with Crippen molar-refractivity contribution >= 4 is 5.97 Å². The fraction of sp³-hybridized carbons (Fsp3) is 0.917. The molecule has 0 aromatic heterocycles. The summed E-state index contributed by atoms with van der Waals surface area (Å²) < 4.78 is 4.95. The van der Waals surface area contributed by atoms with Crippen LogP contribution in [0, 0.1) is 5.92 Å². The van der Waals surface area contributed by atoms with Crippen molar-refractivity contribution < 1.29 is 14.6 Å². The molecule has 0 amide bonds. The third kappa shape index (κ3) is 5.48. The van der Waals surface area contributed by atoms with Gasteiger partial charge in [-0.05, 0) is 12.3 Å². The zero-order valence-electron chi connectivity index (χ0n) is 10.3. The number of ether oxygens (including phenoxy) is 1. The summed E-state index contributed by atoms with van der Waals surface area (Å²) in [5, 5.41) is 8.67. The van der Waals surface area contributed by atoms with Crippen LogP contribution in [0.2, 0.25) is 0 Å². The van der Waals surface area contributed by atoms with E-state index in [9.17, 15) is 4.79 Å². The normalized spacial score (nSPS) is 20.9. The number of aliphatic hydroxyl groups is 1. The minimum Gasteiger partial charge on any atom is -0.463 e. The van der Waals surface area contributed by atoms with E-state index in [-0.39, 0.29) is 12.6 Å². The predicted octanol–water partition coefficient (Wildman–Crippen LogP) is 0.147. The lowest BCUT2D eigenvalue weighted by atomic mass is 9.85. The molecule has 5 N–H and O–H groups in total. The Hall–Kier alpha value is -0.650. The third-order valence-electron chi connectivity index (χ3n) is 3.30. The molecule has 17 heavy (non-hydrogen) atoms. The van der Waals surface area contributed by atoms with Gasteiger partial charge in [0, 0.05) is 6.04 Å². The number of carbonyl (C=O) groups is 1. The summed E-state index contributed by atoms with van der Waals surface area (Å²) in [5.74, 6) is 0.0931. The molecule has 1 rings (SSSR count). The summed E-state index contributed by atoms with van der Waals surface area (Å²) >= 11 is 0. The molecule has 1 aliphatic rings.